The van der Waals surface area contributed by atoms with Gasteiger partial charge in [0, 0.05) is 19.3 Å². The van der Waals surface area contributed by atoms with E-state index in [1.54, 1.807) is 12.3 Å². The third-order valence-electron chi connectivity index (χ3n) is 3.19. The minimum atomic E-state index is -0.897. The lowest BCUT2D eigenvalue weighted by Crippen LogP contribution is -2.39. The van der Waals surface area contributed by atoms with Crippen molar-refractivity contribution < 1.29 is 9.90 Å². The lowest BCUT2D eigenvalue weighted by molar-refractivity contribution is 0.0697. The summed E-state index contributed by atoms with van der Waals surface area (Å²) in [6.07, 6.45) is 2.80. The molecule has 2 rings (SSSR count). The molecule has 1 N–H and O–H groups in total. The number of pyridine rings is 1. The number of carboxylic acids is 1. The molecule has 0 radical (unpaired) electrons. The van der Waals surface area contributed by atoms with Crippen molar-refractivity contribution in [3.63, 3.8) is 0 Å². The van der Waals surface area contributed by atoms with Crippen LogP contribution in [0.3, 0.4) is 0 Å². The minimum absolute atomic E-state index is 0.306. The third kappa shape index (κ3) is 2.75. The Hall–Kier alpha value is -1.58. The molecule has 0 aliphatic carbocycles. The summed E-state index contributed by atoms with van der Waals surface area (Å²) in [4.78, 5) is 17.4. The monoisotopic (exact) mass is 234 g/mol. The second-order valence-corrected chi connectivity index (χ2v) is 5.06. The van der Waals surface area contributed by atoms with Gasteiger partial charge in [0.05, 0.1) is 5.56 Å². The van der Waals surface area contributed by atoms with Crippen LogP contribution >= 0.6 is 0 Å². The molecule has 1 aliphatic rings. The molecule has 0 bridgehead atoms. The average Bonchev–Trinajstić information content (AvgIpc) is 2.28. The van der Waals surface area contributed by atoms with Crippen LogP contribution in [0.2, 0.25) is 0 Å². The van der Waals surface area contributed by atoms with E-state index in [0.29, 0.717) is 17.4 Å². The van der Waals surface area contributed by atoms with E-state index >= 15 is 0 Å². The Morgan fingerprint density at radius 2 is 2.06 bits per heavy atom. The molecule has 1 aromatic rings. The largest absolute Gasteiger partial charge is 0.478 e. The fraction of sp³-hybridized carbons (Fsp3) is 0.538. The molecule has 2 unspecified atom stereocenters. The predicted molar refractivity (Wildman–Crippen MR) is 66.4 cm³/mol. The third-order valence-corrected chi connectivity index (χ3v) is 3.19. The molecule has 4 heteroatoms. The molecule has 92 valence electrons. The first kappa shape index (κ1) is 11.9. The molecule has 17 heavy (non-hydrogen) atoms. The van der Waals surface area contributed by atoms with Gasteiger partial charge in [-0.25, -0.2) is 9.78 Å². The first-order valence-electron chi connectivity index (χ1n) is 6.00. The topological polar surface area (TPSA) is 53.4 Å². The van der Waals surface area contributed by atoms with Crippen molar-refractivity contribution >= 4 is 11.8 Å². The van der Waals surface area contributed by atoms with E-state index < -0.39 is 5.97 Å². The Labute approximate surface area is 101 Å². The number of aromatic carboxylic acids is 1. The number of nitrogens with zero attached hydrogens (tertiary/aromatic N) is 2. The van der Waals surface area contributed by atoms with Gasteiger partial charge in [-0.1, -0.05) is 13.8 Å². The Balaban J connectivity index is 2.21. The Kier molecular flexibility index (Phi) is 3.31. The predicted octanol–water partition coefficient (Wildman–Crippen LogP) is 2.26. The number of anilines is 1. The van der Waals surface area contributed by atoms with Gasteiger partial charge >= 0.3 is 5.97 Å². The van der Waals surface area contributed by atoms with Gasteiger partial charge in [0.1, 0.15) is 5.82 Å². The molecule has 0 spiro atoms. The highest BCUT2D eigenvalue weighted by atomic mass is 16.4. The average molecular weight is 234 g/mol. The first-order valence-corrected chi connectivity index (χ1v) is 6.00. The highest BCUT2D eigenvalue weighted by Gasteiger charge is 2.23. The summed E-state index contributed by atoms with van der Waals surface area (Å²) in [5.74, 6) is 1.15. The zero-order valence-electron chi connectivity index (χ0n) is 10.3. The van der Waals surface area contributed by atoms with Crippen molar-refractivity contribution in [2.24, 2.45) is 11.8 Å². The molecule has 0 aromatic carbocycles. The number of carboxylic acid groups (broad SMARTS) is 1. The summed E-state index contributed by atoms with van der Waals surface area (Å²) in [6.45, 7) is 6.37. The van der Waals surface area contributed by atoms with Crippen LogP contribution in [0.4, 0.5) is 5.82 Å². The fourth-order valence-electron chi connectivity index (χ4n) is 2.57. The number of rotatable bonds is 2. The summed E-state index contributed by atoms with van der Waals surface area (Å²) >= 11 is 0. The first-order chi connectivity index (χ1) is 8.06. The summed E-state index contributed by atoms with van der Waals surface area (Å²) in [6, 6.07) is 3.19. The molecule has 0 saturated carbocycles. The standard InChI is InChI=1S/C13H18N2O2/c1-9-5-10(2)8-15(7-9)12-6-11(13(16)17)3-4-14-12/h3-4,6,9-10H,5,7-8H2,1-2H3,(H,16,17). The van der Waals surface area contributed by atoms with Crippen LogP contribution in [-0.4, -0.2) is 29.1 Å². The summed E-state index contributed by atoms with van der Waals surface area (Å²) in [7, 11) is 0. The Bertz CT molecular complexity index is 410. The van der Waals surface area contributed by atoms with Crippen molar-refractivity contribution in [1.82, 2.24) is 4.98 Å². The van der Waals surface area contributed by atoms with Gasteiger partial charge in [-0.2, -0.15) is 0 Å². The molecule has 1 saturated heterocycles. The van der Waals surface area contributed by atoms with Crippen LogP contribution in [0.25, 0.3) is 0 Å². The van der Waals surface area contributed by atoms with E-state index in [9.17, 15) is 4.79 Å². The molecular formula is C13H18N2O2. The number of aromatic nitrogens is 1. The smallest absolute Gasteiger partial charge is 0.335 e. The molecule has 4 nitrogen and oxygen atoms in total. The van der Waals surface area contributed by atoms with Gasteiger partial charge in [-0.05, 0) is 30.4 Å². The molecule has 2 heterocycles. The van der Waals surface area contributed by atoms with E-state index in [-0.39, 0.29) is 0 Å². The minimum Gasteiger partial charge on any atom is -0.478 e. The summed E-state index contributed by atoms with van der Waals surface area (Å²) in [5.41, 5.74) is 0.306. The lowest BCUT2D eigenvalue weighted by atomic mass is 9.92. The van der Waals surface area contributed by atoms with E-state index in [4.69, 9.17) is 5.11 Å². The van der Waals surface area contributed by atoms with Gasteiger partial charge in [0.15, 0.2) is 0 Å². The van der Waals surface area contributed by atoms with Gasteiger partial charge in [0.2, 0.25) is 0 Å². The highest BCUT2D eigenvalue weighted by molar-refractivity contribution is 5.88. The van der Waals surface area contributed by atoms with Gasteiger partial charge in [0.25, 0.3) is 0 Å². The van der Waals surface area contributed by atoms with Gasteiger partial charge in [-0.15, -0.1) is 0 Å². The molecule has 1 aromatic heterocycles. The molecular weight excluding hydrogens is 216 g/mol. The number of carbonyl (C=O) groups is 1. The summed E-state index contributed by atoms with van der Waals surface area (Å²) in [5, 5.41) is 8.97. The second kappa shape index (κ2) is 4.73. The normalized spacial score (nSPS) is 24.7. The summed E-state index contributed by atoms with van der Waals surface area (Å²) < 4.78 is 0. The van der Waals surface area contributed by atoms with E-state index in [1.807, 2.05) is 0 Å². The van der Waals surface area contributed by atoms with Gasteiger partial charge in [-0.3, -0.25) is 0 Å². The molecule has 1 fully saturated rings. The van der Waals surface area contributed by atoms with Gasteiger partial charge < -0.3 is 10.0 Å². The van der Waals surface area contributed by atoms with E-state index in [0.717, 1.165) is 18.9 Å². The number of hydrogen-bond donors (Lipinski definition) is 1. The zero-order valence-corrected chi connectivity index (χ0v) is 10.3. The number of piperidine rings is 1. The van der Waals surface area contributed by atoms with Crippen LogP contribution < -0.4 is 4.90 Å². The van der Waals surface area contributed by atoms with Crippen molar-refractivity contribution in [2.75, 3.05) is 18.0 Å². The SMILES string of the molecule is CC1CC(C)CN(c2cc(C(=O)O)ccn2)C1. The van der Waals surface area contributed by atoms with E-state index in [1.165, 1.54) is 12.5 Å². The fourth-order valence-corrected chi connectivity index (χ4v) is 2.57. The van der Waals surface area contributed by atoms with Crippen molar-refractivity contribution in [1.29, 1.82) is 0 Å². The van der Waals surface area contributed by atoms with Crippen LogP contribution in [0.1, 0.15) is 30.6 Å². The second-order valence-electron chi connectivity index (χ2n) is 5.06. The van der Waals surface area contributed by atoms with Crippen molar-refractivity contribution in [2.45, 2.75) is 20.3 Å². The van der Waals surface area contributed by atoms with Crippen LogP contribution in [0.15, 0.2) is 18.3 Å². The maximum atomic E-state index is 10.9. The lowest BCUT2D eigenvalue weighted by Gasteiger charge is -2.35. The maximum Gasteiger partial charge on any atom is 0.335 e. The maximum absolute atomic E-state index is 10.9. The molecule has 1 aliphatic heterocycles. The number of hydrogen-bond acceptors (Lipinski definition) is 3. The van der Waals surface area contributed by atoms with Crippen molar-refractivity contribution in [3.05, 3.63) is 23.9 Å². The van der Waals surface area contributed by atoms with Crippen LogP contribution in [0, 0.1) is 11.8 Å². The highest BCUT2D eigenvalue weighted by Crippen LogP contribution is 2.25. The van der Waals surface area contributed by atoms with Crippen LogP contribution in [0.5, 0.6) is 0 Å². The molecule has 2 atom stereocenters. The zero-order chi connectivity index (χ0) is 12.4. The Morgan fingerprint density at radius 3 is 2.65 bits per heavy atom. The van der Waals surface area contributed by atoms with Crippen molar-refractivity contribution in [3.8, 4) is 0 Å². The quantitative estimate of drug-likeness (QED) is 0.852. The molecule has 0 amide bonds. The van der Waals surface area contributed by atoms with Crippen LogP contribution in [-0.2, 0) is 0 Å². The van der Waals surface area contributed by atoms with E-state index in [2.05, 4.69) is 23.7 Å². The Morgan fingerprint density at radius 1 is 1.41 bits per heavy atom.